The monoisotopic (exact) mass is 220 g/mol. The molecule has 1 saturated heterocycles. The molecule has 2 rings (SSSR count). The molecular weight excluding hydrogens is 204 g/mol. The topological polar surface area (TPSA) is 40.6 Å². The molecule has 4 heteroatoms. The molecule has 2 amide bonds. The summed E-state index contributed by atoms with van der Waals surface area (Å²) in [6.07, 6.45) is 2.50. The molecule has 0 radical (unpaired) electrons. The SMILES string of the molecule is C=CC1=C2N(C)C(=O)C(C)(C)C(=O)N2CC1. The molecule has 0 bridgehead atoms. The van der Waals surface area contributed by atoms with E-state index in [2.05, 4.69) is 6.58 Å². The Labute approximate surface area is 95.2 Å². The first-order valence-corrected chi connectivity index (χ1v) is 5.37. The van der Waals surface area contributed by atoms with Gasteiger partial charge in [0.25, 0.3) is 0 Å². The van der Waals surface area contributed by atoms with Crippen LogP contribution in [0.4, 0.5) is 0 Å². The lowest BCUT2D eigenvalue weighted by Crippen LogP contribution is -2.56. The van der Waals surface area contributed by atoms with Gasteiger partial charge < -0.3 is 4.90 Å². The molecule has 2 aliphatic heterocycles. The standard InChI is InChI=1S/C12H16N2O2/c1-5-8-6-7-14-9(8)13(4)10(15)12(2,3)11(14)16/h5H,1,6-7H2,2-4H3. The smallest absolute Gasteiger partial charge is 0.243 e. The Bertz CT molecular complexity index is 421. The van der Waals surface area contributed by atoms with Crippen LogP contribution in [0.1, 0.15) is 20.3 Å². The van der Waals surface area contributed by atoms with Crippen molar-refractivity contribution in [2.45, 2.75) is 20.3 Å². The first kappa shape index (κ1) is 10.9. The Balaban J connectivity index is 2.54. The second kappa shape index (κ2) is 3.20. The maximum atomic E-state index is 12.2. The summed E-state index contributed by atoms with van der Waals surface area (Å²) in [4.78, 5) is 27.5. The van der Waals surface area contributed by atoms with Gasteiger partial charge in [-0.1, -0.05) is 12.7 Å². The van der Waals surface area contributed by atoms with Crippen molar-refractivity contribution >= 4 is 11.8 Å². The molecule has 1 fully saturated rings. The van der Waals surface area contributed by atoms with Crippen molar-refractivity contribution in [2.75, 3.05) is 13.6 Å². The average Bonchev–Trinajstić information content (AvgIpc) is 2.67. The Hall–Kier alpha value is -1.58. The molecule has 4 nitrogen and oxygen atoms in total. The summed E-state index contributed by atoms with van der Waals surface area (Å²) in [6, 6.07) is 0. The van der Waals surface area contributed by atoms with Gasteiger partial charge in [0, 0.05) is 13.6 Å². The van der Waals surface area contributed by atoms with Crippen molar-refractivity contribution in [2.24, 2.45) is 5.41 Å². The molecule has 0 spiro atoms. The van der Waals surface area contributed by atoms with E-state index in [-0.39, 0.29) is 11.8 Å². The van der Waals surface area contributed by atoms with E-state index in [1.807, 2.05) is 0 Å². The van der Waals surface area contributed by atoms with E-state index in [9.17, 15) is 9.59 Å². The molecule has 86 valence electrons. The van der Waals surface area contributed by atoms with Gasteiger partial charge in [0.15, 0.2) is 0 Å². The molecular formula is C12H16N2O2. The maximum Gasteiger partial charge on any atom is 0.243 e. The predicted octanol–water partition coefficient (Wildman–Crippen LogP) is 1.11. The van der Waals surface area contributed by atoms with Crippen LogP contribution >= 0.6 is 0 Å². The van der Waals surface area contributed by atoms with Gasteiger partial charge in [-0.3, -0.25) is 14.5 Å². The fourth-order valence-electron chi connectivity index (χ4n) is 2.36. The summed E-state index contributed by atoms with van der Waals surface area (Å²) in [5, 5.41) is 0. The fraction of sp³-hybridized carbons (Fsp3) is 0.500. The van der Waals surface area contributed by atoms with Crippen LogP contribution in [0.15, 0.2) is 24.0 Å². The summed E-state index contributed by atoms with van der Waals surface area (Å²) in [7, 11) is 1.72. The van der Waals surface area contributed by atoms with E-state index in [4.69, 9.17) is 0 Å². The van der Waals surface area contributed by atoms with E-state index in [1.165, 1.54) is 0 Å². The second-order valence-electron chi connectivity index (χ2n) is 4.75. The van der Waals surface area contributed by atoms with Crippen LogP contribution < -0.4 is 0 Å². The van der Waals surface area contributed by atoms with Gasteiger partial charge in [-0.15, -0.1) is 0 Å². The fourth-order valence-corrected chi connectivity index (χ4v) is 2.36. The van der Waals surface area contributed by atoms with Gasteiger partial charge in [-0.2, -0.15) is 0 Å². The number of fused-ring (bicyclic) bond motifs is 1. The van der Waals surface area contributed by atoms with Gasteiger partial charge in [-0.05, 0) is 25.8 Å². The molecule has 0 aliphatic carbocycles. The van der Waals surface area contributed by atoms with Crippen LogP contribution in [0.3, 0.4) is 0 Å². The Kier molecular flexibility index (Phi) is 2.19. The predicted molar refractivity (Wildman–Crippen MR) is 60.1 cm³/mol. The van der Waals surface area contributed by atoms with Crippen LogP contribution in [-0.2, 0) is 9.59 Å². The lowest BCUT2D eigenvalue weighted by molar-refractivity contribution is -0.158. The third-order valence-corrected chi connectivity index (χ3v) is 3.33. The number of hydrogen-bond donors (Lipinski definition) is 0. The van der Waals surface area contributed by atoms with Gasteiger partial charge in [-0.25, -0.2) is 0 Å². The Morgan fingerprint density at radius 2 is 1.94 bits per heavy atom. The highest BCUT2D eigenvalue weighted by Crippen LogP contribution is 2.37. The van der Waals surface area contributed by atoms with Crippen molar-refractivity contribution in [3.63, 3.8) is 0 Å². The third kappa shape index (κ3) is 1.16. The summed E-state index contributed by atoms with van der Waals surface area (Å²) in [5.74, 6) is 0.455. The van der Waals surface area contributed by atoms with Crippen LogP contribution in [-0.4, -0.2) is 35.2 Å². The highest BCUT2D eigenvalue weighted by molar-refractivity contribution is 6.08. The zero-order chi connectivity index (χ0) is 12.1. The quantitative estimate of drug-likeness (QED) is 0.621. The van der Waals surface area contributed by atoms with E-state index in [1.54, 1.807) is 36.8 Å². The number of carbonyl (C=O) groups excluding carboxylic acids is 2. The normalized spacial score (nSPS) is 23.9. The second-order valence-corrected chi connectivity index (χ2v) is 4.75. The van der Waals surface area contributed by atoms with E-state index < -0.39 is 5.41 Å². The molecule has 0 saturated carbocycles. The van der Waals surface area contributed by atoms with Gasteiger partial charge >= 0.3 is 0 Å². The number of rotatable bonds is 1. The molecule has 0 N–H and O–H groups in total. The third-order valence-electron chi connectivity index (χ3n) is 3.33. The van der Waals surface area contributed by atoms with E-state index in [0.717, 1.165) is 12.0 Å². The summed E-state index contributed by atoms with van der Waals surface area (Å²) in [5.41, 5.74) is 0.0224. The molecule has 16 heavy (non-hydrogen) atoms. The van der Waals surface area contributed by atoms with Crippen molar-refractivity contribution in [3.8, 4) is 0 Å². The van der Waals surface area contributed by atoms with Crippen molar-refractivity contribution in [1.82, 2.24) is 9.80 Å². The van der Waals surface area contributed by atoms with E-state index >= 15 is 0 Å². The summed E-state index contributed by atoms with van der Waals surface area (Å²) >= 11 is 0. The molecule has 0 unspecified atom stereocenters. The van der Waals surface area contributed by atoms with Crippen LogP contribution in [0.2, 0.25) is 0 Å². The average molecular weight is 220 g/mol. The summed E-state index contributed by atoms with van der Waals surface area (Å²) < 4.78 is 0. The minimum Gasteiger partial charge on any atom is -0.300 e. The Morgan fingerprint density at radius 3 is 2.50 bits per heavy atom. The number of nitrogens with zero attached hydrogens (tertiary/aromatic N) is 2. The first-order chi connectivity index (χ1) is 7.41. The van der Waals surface area contributed by atoms with Crippen LogP contribution in [0.5, 0.6) is 0 Å². The van der Waals surface area contributed by atoms with Crippen molar-refractivity contribution in [1.29, 1.82) is 0 Å². The van der Waals surface area contributed by atoms with E-state index in [0.29, 0.717) is 12.4 Å². The zero-order valence-electron chi connectivity index (χ0n) is 9.91. The van der Waals surface area contributed by atoms with Gasteiger partial charge in [0.2, 0.25) is 11.8 Å². The number of hydrogen-bond acceptors (Lipinski definition) is 2. The molecule has 0 aromatic carbocycles. The highest BCUT2D eigenvalue weighted by atomic mass is 16.2. The summed E-state index contributed by atoms with van der Waals surface area (Å²) in [6.45, 7) is 7.73. The number of carbonyl (C=O) groups is 2. The van der Waals surface area contributed by atoms with Crippen LogP contribution in [0, 0.1) is 5.41 Å². The molecule has 0 aromatic heterocycles. The lowest BCUT2D eigenvalue weighted by atomic mass is 9.88. The minimum absolute atomic E-state index is 0.109. The molecule has 0 aromatic rings. The van der Waals surface area contributed by atoms with Gasteiger partial charge in [0.05, 0.1) is 0 Å². The van der Waals surface area contributed by atoms with Crippen molar-refractivity contribution in [3.05, 3.63) is 24.0 Å². The van der Waals surface area contributed by atoms with Gasteiger partial charge in [0.1, 0.15) is 11.2 Å². The minimum atomic E-state index is -0.950. The molecule has 0 atom stereocenters. The highest BCUT2D eigenvalue weighted by Gasteiger charge is 2.50. The first-order valence-electron chi connectivity index (χ1n) is 5.37. The number of allylic oxidation sites excluding steroid dienone is 1. The zero-order valence-corrected chi connectivity index (χ0v) is 9.91. The van der Waals surface area contributed by atoms with Crippen molar-refractivity contribution < 1.29 is 9.59 Å². The molecule has 2 heterocycles. The maximum absolute atomic E-state index is 12.2. The Morgan fingerprint density at radius 1 is 1.31 bits per heavy atom. The lowest BCUT2D eigenvalue weighted by Gasteiger charge is -2.41. The number of amides is 2. The molecule has 2 aliphatic rings. The largest absolute Gasteiger partial charge is 0.300 e. The van der Waals surface area contributed by atoms with Crippen LogP contribution in [0.25, 0.3) is 0 Å².